The Labute approximate surface area is 217 Å². The summed E-state index contributed by atoms with van der Waals surface area (Å²) in [7, 11) is 4.20. The monoisotopic (exact) mass is 504 g/mol. The van der Waals surface area contributed by atoms with Crippen LogP contribution < -0.4 is 0 Å². The van der Waals surface area contributed by atoms with Gasteiger partial charge in [0, 0.05) is 44.6 Å². The van der Waals surface area contributed by atoms with Gasteiger partial charge in [0.2, 0.25) is 11.8 Å². The minimum Gasteiger partial charge on any atom is -0.447 e. The first kappa shape index (κ1) is 27.2. The van der Waals surface area contributed by atoms with E-state index < -0.39 is 0 Å². The van der Waals surface area contributed by atoms with E-state index in [-0.39, 0.29) is 42.1 Å². The Bertz CT molecular complexity index is 809. The zero-order valence-electron chi connectivity index (χ0n) is 23.3. The number of likely N-dealkylation sites (N-methyl/N-ethyl adjacent to an activating group) is 1. The van der Waals surface area contributed by atoms with E-state index in [1.807, 2.05) is 30.6 Å². The predicted molar refractivity (Wildman–Crippen MR) is 139 cm³/mol. The van der Waals surface area contributed by atoms with Gasteiger partial charge >= 0.3 is 6.09 Å². The quantitative estimate of drug-likeness (QED) is 0.585. The lowest BCUT2D eigenvalue weighted by Crippen LogP contribution is -2.67. The van der Waals surface area contributed by atoms with Crippen LogP contribution >= 0.6 is 0 Å². The molecule has 0 aromatic rings. The zero-order valence-corrected chi connectivity index (χ0v) is 23.3. The maximum atomic E-state index is 13.2. The molecule has 3 amide bonds. The molecule has 2 aliphatic carbocycles. The van der Waals surface area contributed by atoms with Crippen LogP contribution in [0.4, 0.5) is 4.79 Å². The number of piperazine rings is 1. The third-order valence-electron chi connectivity index (χ3n) is 9.44. The Morgan fingerprint density at radius 2 is 1.56 bits per heavy atom. The van der Waals surface area contributed by atoms with Gasteiger partial charge < -0.3 is 24.3 Å². The summed E-state index contributed by atoms with van der Waals surface area (Å²) in [5.74, 6) is 1.76. The van der Waals surface area contributed by atoms with Gasteiger partial charge in [-0.3, -0.25) is 9.59 Å². The second-order valence-electron chi connectivity index (χ2n) is 12.4. The summed E-state index contributed by atoms with van der Waals surface area (Å²) < 4.78 is 5.61. The molecule has 4 rings (SSSR count). The number of amides is 3. The Kier molecular flexibility index (Phi) is 8.52. The van der Waals surface area contributed by atoms with Crippen molar-refractivity contribution in [3.05, 3.63) is 0 Å². The van der Waals surface area contributed by atoms with E-state index in [4.69, 9.17) is 4.74 Å². The van der Waals surface area contributed by atoms with Crippen molar-refractivity contribution in [1.82, 2.24) is 19.6 Å². The summed E-state index contributed by atoms with van der Waals surface area (Å²) in [6, 6.07) is 0.569. The summed E-state index contributed by atoms with van der Waals surface area (Å²) in [5, 5.41) is 0. The molecule has 0 spiro atoms. The molecule has 0 bridgehead atoms. The van der Waals surface area contributed by atoms with Gasteiger partial charge in [0.15, 0.2) is 0 Å². The lowest BCUT2D eigenvalue weighted by molar-refractivity contribution is -0.142. The van der Waals surface area contributed by atoms with Crippen molar-refractivity contribution < 1.29 is 19.1 Å². The highest BCUT2D eigenvalue weighted by Crippen LogP contribution is 2.44. The van der Waals surface area contributed by atoms with Gasteiger partial charge in [-0.1, -0.05) is 0 Å². The van der Waals surface area contributed by atoms with Gasteiger partial charge in [0.05, 0.1) is 18.2 Å². The Balaban J connectivity index is 1.37. The number of hydrogen-bond acceptors (Lipinski definition) is 5. The average Bonchev–Trinajstić information content (AvgIpc) is 3.33. The van der Waals surface area contributed by atoms with Crippen LogP contribution in [0.1, 0.15) is 79.1 Å². The van der Waals surface area contributed by atoms with E-state index in [9.17, 15) is 14.4 Å². The standard InChI is InChI=1S/C28H48N4O4/c1-18(2)36-28(35)31-16-19(3)32(20(4)33)25-12-11-23(15-26(25)31)21-7-9-22(10-8-21)27(34)30-14-13-24(17-30)29(5)6/h18-19,21-26H,7-17H2,1-6H3/t19-,21?,22?,23?,24-,25?,26?/m0/s1. The summed E-state index contributed by atoms with van der Waals surface area (Å²) in [6.07, 6.45) is 7.76. The molecule has 8 nitrogen and oxygen atoms in total. The summed E-state index contributed by atoms with van der Waals surface area (Å²) in [4.78, 5) is 47.0. The first-order chi connectivity index (χ1) is 17.1. The van der Waals surface area contributed by atoms with Crippen LogP contribution in [0, 0.1) is 17.8 Å². The fourth-order valence-corrected chi connectivity index (χ4v) is 7.57. The van der Waals surface area contributed by atoms with Crippen LogP contribution in [-0.2, 0) is 14.3 Å². The molecule has 0 aromatic carbocycles. The average molecular weight is 505 g/mol. The SMILES string of the molecule is CC(=O)N1C2CCC(C3CCC(C(=O)N4CC[C@H](N(C)C)C4)CC3)CC2N(C(=O)OC(C)C)C[C@@H]1C. The van der Waals surface area contributed by atoms with Gasteiger partial charge in [0.1, 0.15) is 0 Å². The summed E-state index contributed by atoms with van der Waals surface area (Å²) in [5.41, 5.74) is 0. The number of rotatable bonds is 4. The van der Waals surface area contributed by atoms with E-state index in [2.05, 4.69) is 23.9 Å². The first-order valence-electron chi connectivity index (χ1n) is 14.3. The van der Waals surface area contributed by atoms with Crippen LogP contribution in [0.25, 0.3) is 0 Å². The molecule has 2 aliphatic heterocycles. The van der Waals surface area contributed by atoms with Crippen LogP contribution in [0.15, 0.2) is 0 Å². The van der Waals surface area contributed by atoms with Gasteiger partial charge in [-0.2, -0.15) is 0 Å². The lowest BCUT2D eigenvalue weighted by atomic mass is 9.68. The molecule has 8 heteroatoms. The van der Waals surface area contributed by atoms with Gasteiger partial charge in [-0.15, -0.1) is 0 Å². The van der Waals surface area contributed by atoms with Crippen molar-refractivity contribution in [1.29, 1.82) is 0 Å². The van der Waals surface area contributed by atoms with Crippen molar-refractivity contribution in [3.8, 4) is 0 Å². The zero-order chi connectivity index (χ0) is 26.1. The number of ether oxygens (including phenoxy) is 1. The molecule has 36 heavy (non-hydrogen) atoms. The minimum atomic E-state index is -0.244. The summed E-state index contributed by atoms with van der Waals surface area (Å²) >= 11 is 0. The molecule has 2 saturated carbocycles. The van der Waals surface area contributed by atoms with Crippen LogP contribution in [0.5, 0.6) is 0 Å². The highest BCUT2D eigenvalue weighted by Gasteiger charge is 2.48. The molecule has 3 unspecified atom stereocenters. The topological polar surface area (TPSA) is 73.4 Å². The van der Waals surface area contributed by atoms with Crippen LogP contribution in [0.2, 0.25) is 0 Å². The van der Waals surface area contributed by atoms with Gasteiger partial charge in [0.25, 0.3) is 0 Å². The van der Waals surface area contributed by atoms with Crippen molar-refractivity contribution in [3.63, 3.8) is 0 Å². The third kappa shape index (κ3) is 5.68. The second-order valence-corrected chi connectivity index (χ2v) is 12.4. The molecule has 0 radical (unpaired) electrons. The number of carbonyl (C=O) groups is 3. The number of hydrogen-bond donors (Lipinski definition) is 0. The van der Waals surface area contributed by atoms with E-state index >= 15 is 0 Å². The number of likely N-dealkylation sites (tertiary alicyclic amines) is 1. The lowest BCUT2D eigenvalue weighted by Gasteiger charge is -2.54. The van der Waals surface area contributed by atoms with E-state index in [0.29, 0.717) is 30.3 Å². The predicted octanol–water partition coefficient (Wildman–Crippen LogP) is 3.59. The number of carbonyl (C=O) groups excluding carboxylic acids is 3. The van der Waals surface area contributed by atoms with Crippen molar-refractivity contribution in [2.45, 2.75) is 109 Å². The highest BCUT2D eigenvalue weighted by atomic mass is 16.6. The second kappa shape index (κ2) is 11.3. The Morgan fingerprint density at radius 3 is 2.14 bits per heavy atom. The smallest absolute Gasteiger partial charge is 0.410 e. The van der Waals surface area contributed by atoms with Crippen molar-refractivity contribution >= 4 is 17.9 Å². The molecular weight excluding hydrogens is 456 g/mol. The fourth-order valence-electron chi connectivity index (χ4n) is 7.57. The van der Waals surface area contributed by atoms with Crippen molar-refractivity contribution in [2.75, 3.05) is 33.7 Å². The van der Waals surface area contributed by atoms with E-state index in [0.717, 1.165) is 64.5 Å². The molecule has 4 fully saturated rings. The normalized spacial score (nSPS) is 35.2. The minimum absolute atomic E-state index is 0.000793. The molecular formula is C28H48N4O4. The third-order valence-corrected chi connectivity index (χ3v) is 9.44. The maximum Gasteiger partial charge on any atom is 0.410 e. The number of fused-ring (bicyclic) bond motifs is 1. The van der Waals surface area contributed by atoms with Crippen LogP contribution in [0.3, 0.4) is 0 Å². The molecule has 2 heterocycles. The van der Waals surface area contributed by atoms with Crippen molar-refractivity contribution in [2.24, 2.45) is 17.8 Å². The van der Waals surface area contributed by atoms with Gasteiger partial charge in [-0.25, -0.2) is 4.79 Å². The largest absolute Gasteiger partial charge is 0.447 e. The molecule has 4 aliphatic rings. The summed E-state index contributed by atoms with van der Waals surface area (Å²) in [6.45, 7) is 9.75. The number of nitrogens with zero attached hydrogens (tertiary/aromatic N) is 4. The van der Waals surface area contributed by atoms with E-state index in [1.54, 1.807) is 6.92 Å². The van der Waals surface area contributed by atoms with Crippen LogP contribution in [-0.4, -0.2) is 102 Å². The highest BCUT2D eigenvalue weighted by molar-refractivity contribution is 5.79. The Hall–Kier alpha value is -1.83. The first-order valence-corrected chi connectivity index (χ1v) is 14.3. The maximum absolute atomic E-state index is 13.2. The fraction of sp³-hybridized carbons (Fsp3) is 0.893. The van der Waals surface area contributed by atoms with Gasteiger partial charge in [-0.05, 0) is 98.1 Å². The Morgan fingerprint density at radius 1 is 0.889 bits per heavy atom. The molecule has 5 atom stereocenters. The van der Waals surface area contributed by atoms with E-state index in [1.165, 1.54) is 0 Å². The molecule has 0 aromatic heterocycles. The molecule has 0 N–H and O–H groups in total. The molecule has 204 valence electrons. The molecule has 2 saturated heterocycles.